The molecule has 0 unspecified atom stereocenters. The first-order chi connectivity index (χ1) is 14.1. The van der Waals surface area contributed by atoms with Crippen molar-refractivity contribution in [1.82, 2.24) is 10.2 Å². The minimum absolute atomic E-state index is 0.00703. The predicted molar refractivity (Wildman–Crippen MR) is 125 cm³/mol. The minimum Gasteiger partial charge on any atom is -0.352 e. The third kappa shape index (κ3) is 6.78. The zero-order valence-corrected chi connectivity index (χ0v) is 20.0. The van der Waals surface area contributed by atoms with Gasteiger partial charge in [-0.2, -0.15) is 0 Å². The Morgan fingerprint density at radius 3 is 2.27 bits per heavy atom. The number of hydrogen-bond acceptors (Lipinski definition) is 2. The van der Waals surface area contributed by atoms with E-state index in [1.54, 1.807) is 43.3 Å². The molecule has 2 atom stereocenters. The summed E-state index contributed by atoms with van der Waals surface area (Å²) in [6.45, 7) is 5.81. The van der Waals surface area contributed by atoms with Gasteiger partial charge in [-0.1, -0.05) is 65.5 Å². The van der Waals surface area contributed by atoms with Gasteiger partial charge >= 0.3 is 0 Å². The molecule has 30 heavy (non-hydrogen) atoms. The van der Waals surface area contributed by atoms with E-state index >= 15 is 0 Å². The smallest absolute Gasteiger partial charge is 0.242 e. The largest absolute Gasteiger partial charge is 0.352 e. The molecular formula is C22H24Cl4N2O2. The van der Waals surface area contributed by atoms with Crippen molar-refractivity contribution in [3.63, 3.8) is 0 Å². The van der Waals surface area contributed by atoms with Gasteiger partial charge in [-0.3, -0.25) is 9.59 Å². The number of nitrogens with zero attached hydrogens (tertiary/aromatic N) is 1. The van der Waals surface area contributed by atoms with Crippen molar-refractivity contribution in [2.24, 2.45) is 0 Å². The molecule has 2 rings (SSSR count). The first-order valence-electron chi connectivity index (χ1n) is 9.60. The lowest BCUT2D eigenvalue weighted by Gasteiger charge is -2.30. The SMILES string of the molecule is CC[C@H](C)NC(=O)[C@H](C)N(Cc1ccc(Cl)c(Cl)c1)C(=O)Cc1ccc(Cl)cc1Cl. The molecule has 2 aromatic rings. The van der Waals surface area contributed by atoms with Crippen LogP contribution in [0.3, 0.4) is 0 Å². The molecule has 2 aromatic carbocycles. The zero-order valence-electron chi connectivity index (χ0n) is 17.0. The zero-order chi connectivity index (χ0) is 22.4. The summed E-state index contributed by atoms with van der Waals surface area (Å²) in [5.74, 6) is -0.461. The molecule has 0 aliphatic carbocycles. The topological polar surface area (TPSA) is 49.4 Å². The van der Waals surface area contributed by atoms with Crippen LogP contribution in [0.5, 0.6) is 0 Å². The van der Waals surface area contributed by atoms with Crippen LogP contribution in [0.25, 0.3) is 0 Å². The van der Waals surface area contributed by atoms with Gasteiger partial charge in [-0.15, -0.1) is 0 Å². The Bertz CT molecular complexity index is 920. The Labute approximate surface area is 197 Å². The van der Waals surface area contributed by atoms with Gasteiger partial charge < -0.3 is 10.2 Å². The summed E-state index contributed by atoms with van der Waals surface area (Å²) in [5.41, 5.74) is 1.41. The number of amides is 2. The molecule has 4 nitrogen and oxygen atoms in total. The highest BCUT2D eigenvalue weighted by molar-refractivity contribution is 6.42. The summed E-state index contributed by atoms with van der Waals surface area (Å²) in [4.78, 5) is 27.5. The van der Waals surface area contributed by atoms with E-state index in [2.05, 4.69) is 5.32 Å². The Balaban J connectivity index is 2.29. The molecule has 0 heterocycles. The fourth-order valence-corrected chi connectivity index (χ4v) is 3.61. The number of benzene rings is 2. The minimum atomic E-state index is -0.688. The van der Waals surface area contributed by atoms with Gasteiger partial charge in [0, 0.05) is 22.6 Å². The van der Waals surface area contributed by atoms with Crippen LogP contribution < -0.4 is 5.32 Å². The summed E-state index contributed by atoms with van der Waals surface area (Å²) in [6, 6.07) is 9.44. The number of hydrogen-bond donors (Lipinski definition) is 1. The molecule has 0 saturated heterocycles. The maximum absolute atomic E-state index is 13.2. The average Bonchev–Trinajstić information content (AvgIpc) is 2.70. The highest BCUT2D eigenvalue weighted by atomic mass is 35.5. The summed E-state index contributed by atoms with van der Waals surface area (Å²) in [5, 5.41) is 4.64. The number of rotatable bonds is 8. The molecule has 0 aliphatic rings. The van der Waals surface area contributed by atoms with Gasteiger partial charge in [0.15, 0.2) is 0 Å². The second kappa shape index (κ2) is 11.2. The van der Waals surface area contributed by atoms with Gasteiger partial charge in [0.1, 0.15) is 6.04 Å². The van der Waals surface area contributed by atoms with E-state index in [0.29, 0.717) is 25.7 Å². The Kier molecular flexibility index (Phi) is 9.30. The van der Waals surface area contributed by atoms with Crippen LogP contribution in [0, 0.1) is 0 Å². The van der Waals surface area contributed by atoms with Crippen LogP contribution in [0.2, 0.25) is 20.1 Å². The quantitative estimate of drug-likeness (QED) is 0.481. The normalized spacial score (nSPS) is 12.9. The number of halogens is 4. The molecule has 0 aromatic heterocycles. The lowest BCUT2D eigenvalue weighted by molar-refractivity contribution is -0.140. The molecule has 0 spiro atoms. The van der Waals surface area contributed by atoms with Crippen LogP contribution in [0.1, 0.15) is 38.3 Å². The summed E-state index contributed by atoms with van der Waals surface area (Å²) < 4.78 is 0. The second-order valence-corrected chi connectivity index (χ2v) is 8.83. The molecular weight excluding hydrogens is 466 g/mol. The fraction of sp³-hybridized carbons (Fsp3) is 0.364. The van der Waals surface area contributed by atoms with Gasteiger partial charge in [0.25, 0.3) is 0 Å². The average molecular weight is 490 g/mol. The maximum Gasteiger partial charge on any atom is 0.242 e. The first-order valence-corrected chi connectivity index (χ1v) is 11.1. The van der Waals surface area contributed by atoms with E-state index < -0.39 is 6.04 Å². The third-order valence-electron chi connectivity index (χ3n) is 4.86. The first kappa shape index (κ1) is 24.8. The van der Waals surface area contributed by atoms with Crippen LogP contribution in [0.15, 0.2) is 36.4 Å². The molecule has 162 valence electrons. The predicted octanol–water partition coefficient (Wildman–Crippen LogP) is 6.17. The van der Waals surface area contributed by atoms with E-state index in [-0.39, 0.29) is 30.8 Å². The monoisotopic (exact) mass is 488 g/mol. The number of carbonyl (C=O) groups is 2. The maximum atomic E-state index is 13.2. The van der Waals surface area contributed by atoms with Crippen LogP contribution in [-0.4, -0.2) is 28.8 Å². The summed E-state index contributed by atoms with van der Waals surface area (Å²) >= 11 is 24.3. The lowest BCUT2D eigenvalue weighted by Crippen LogP contribution is -2.49. The van der Waals surface area contributed by atoms with Crippen molar-refractivity contribution in [1.29, 1.82) is 0 Å². The molecule has 0 aliphatic heterocycles. The fourth-order valence-electron chi connectivity index (χ4n) is 2.81. The molecule has 2 amide bonds. The van der Waals surface area contributed by atoms with Crippen molar-refractivity contribution in [2.75, 3.05) is 0 Å². The van der Waals surface area contributed by atoms with E-state index in [4.69, 9.17) is 46.4 Å². The van der Waals surface area contributed by atoms with Crippen LogP contribution in [-0.2, 0) is 22.6 Å². The van der Waals surface area contributed by atoms with Crippen molar-refractivity contribution in [3.8, 4) is 0 Å². The lowest BCUT2D eigenvalue weighted by atomic mass is 10.1. The van der Waals surface area contributed by atoms with Gasteiger partial charge in [-0.05, 0) is 55.7 Å². The Morgan fingerprint density at radius 1 is 0.967 bits per heavy atom. The molecule has 0 radical (unpaired) electrons. The standard InChI is InChI=1S/C22H24Cl4N2O2/c1-4-13(2)27-22(30)14(3)28(12-15-5-8-18(24)20(26)9-15)21(29)10-16-6-7-17(23)11-19(16)25/h5-9,11,13-14H,4,10,12H2,1-3H3,(H,27,30)/t13-,14-/m0/s1. The van der Waals surface area contributed by atoms with E-state index in [1.807, 2.05) is 13.8 Å². The Morgan fingerprint density at radius 2 is 1.67 bits per heavy atom. The number of carbonyl (C=O) groups excluding carboxylic acids is 2. The van der Waals surface area contributed by atoms with Gasteiger partial charge in [-0.25, -0.2) is 0 Å². The van der Waals surface area contributed by atoms with Crippen molar-refractivity contribution in [3.05, 3.63) is 67.6 Å². The molecule has 0 saturated carbocycles. The highest BCUT2D eigenvalue weighted by Crippen LogP contribution is 2.25. The van der Waals surface area contributed by atoms with Crippen molar-refractivity contribution < 1.29 is 9.59 Å². The third-order valence-corrected chi connectivity index (χ3v) is 6.19. The Hall–Kier alpha value is -1.46. The van der Waals surface area contributed by atoms with Gasteiger partial charge in [0.05, 0.1) is 16.5 Å². The van der Waals surface area contributed by atoms with Crippen LogP contribution in [0.4, 0.5) is 0 Å². The van der Waals surface area contributed by atoms with E-state index in [9.17, 15) is 9.59 Å². The summed E-state index contributed by atoms with van der Waals surface area (Å²) in [6.07, 6.45) is 0.831. The second-order valence-electron chi connectivity index (χ2n) is 7.18. The highest BCUT2D eigenvalue weighted by Gasteiger charge is 2.27. The number of nitrogens with one attached hydrogen (secondary N) is 1. The van der Waals surface area contributed by atoms with Crippen LogP contribution >= 0.6 is 46.4 Å². The van der Waals surface area contributed by atoms with E-state index in [1.165, 1.54) is 4.90 Å². The molecule has 1 N–H and O–H groups in total. The summed E-state index contributed by atoms with van der Waals surface area (Å²) in [7, 11) is 0. The molecule has 0 fully saturated rings. The van der Waals surface area contributed by atoms with Crippen molar-refractivity contribution in [2.45, 2.75) is 52.2 Å². The van der Waals surface area contributed by atoms with E-state index in [0.717, 1.165) is 12.0 Å². The molecule has 8 heteroatoms. The van der Waals surface area contributed by atoms with Crippen molar-refractivity contribution >= 4 is 58.2 Å². The molecule has 0 bridgehead atoms. The van der Waals surface area contributed by atoms with Gasteiger partial charge in [0.2, 0.25) is 11.8 Å².